The molecular weight excluding hydrogens is 194 g/mol. The lowest BCUT2D eigenvalue weighted by atomic mass is 9.98. The van der Waals surface area contributed by atoms with E-state index in [2.05, 4.69) is 0 Å². The predicted octanol–water partition coefficient (Wildman–Crippen LogP) is 2.48. The molecule has 4 nitrogen and oxygen atoms in total. The molecule has 0 N–H and O–H groups in total. The van der Waals surface area contributed by atoms with Crippen molar-refractivity contribution in [1.82, 2.24) is 0 Å². The van der Waals surface area contributed by atoms with Gasteiger partial charge in [-0.3, -0.25) is 10.1 Å². The number of rotatable bonds is 1. The molecule has 1 aromatic rings. The largest absolute Gasteiger partial charge is 0.476 e. The van der Waals surface area contributed by atoms with Crippen LogP contribution in [-0.4, -0.2) is 10.5 Å². The van der Waals surface area contributed by atoms with Crippen molar-refractivity contribution in [2.75, 3.05) is 0 Å². The average Bonchev–Trinajstić information content (AvgIpc) is 2.14. The molecule has 0 unspecified atom stereocenters. The number of nitro groups is 1. The van der Waals surface area contributed by atoms with E-state index >= 15 is 0 Å². The Bertz CT molecular complexity index is 449. The quantitative estimate of drug-likeness (QED) is 0.522. The van der Waals surface area contributed by atoms with Gasteiger partial charge in [0.2, 0.25) is 0 Å². The number of hydrogen-bond acceptors (Lipinski definition) is 3. The molecule has 1 aromatic carbocycles. The Morgan fingerprint density at radius 1 is 1.33 bits per heavy atom. The first-order valence-electron chi connectivity index (χ1n) is 4.65. The van der Waals surface area contributed by atoms with Gasteiger partial charge in [-0.25, -0.2) is 0 Å². The summed E-state index contributed by atoms with van der Waals surface area (Å²) in [7, 11) is 0. The molecule has 0 saturated heterocycles. The van der Waals surface area contributed by atoms with Crippen LogP contribution in [0.4, 0.5) is 0 Å². The van der Waals surface area contributed by atoms with E-state index in [-0.39, 0.29) is 5.70 Å². The average molecular weight is 205 g/mol. The van der Waals surface area contributed by atoms with Gasteiger partial charge in [-0.2, -0.15) is 0 Å². The van der Waals surface area contributed by atoms with Crippen LogP contribution in [-0.2, 0) is 0 Å². The number of nitrogens with zero attached hydrogens (tertiary/aromatic N) is 1. The van der Waals surface area contributed by atoms with E-state index in [4.69, 9.17) is 4.74 Å². The first-order valence-corrected chi connectivity index (χ1v) is 4.65. The normalized spacial score (nSPS) is 17.3. The topological polar surface area (TPSA) is 52.4 Å². The molecule has 0 bridgehead atoms. The van der Waals surface area contributed by atoms with Gasteiger partial charge in [0, 0.05) is 11.6 Å². The monoisotopic (exact) mass is 205 g/mol. The Balaban J connectivity index is 2.57. The Labute approximate surface area is 87.3 Å². The number of ether oxygens (including phenoxy) is 1. The van der Waals surface area contributed by atoms with Crippen LogP contribution in [0.25, 0.3) is 6.08 Å². The van der Waals surface area contributed by atoms with Gasteiger partial charge in [-0.15, -0.1) is 0 Å². The van der Waals surface area contributed by atoms with Gasteiger partial charge in [0.25, 0.3) is 5.70 Å². The molecular formula is C11H11NO3. The van der Waals surface area contributed by atoms with Crippen molar-refractivity contribution in [2.24, 2.45) is 0 Å². The van der Waals surface area contributed by atoms with Crippen LogP contribution in [0.1, 0.15) is 19.4 Å². The lowest BCUT2D eigenvalue weighted by Crippen LogP contribution is -2.36. The number of fused-ring (bicyclic) bond motifs is 1. The van der Waals surface area contributed by atoms with E-state index in [0.29, 0.717) is 5.75 Å². The minimum Gasteiger partial charge on any atom is -0.476 e. The van der Waals surface area contributed by atoms with E-state index in [1.54, 1.807) is 26.0 Å². The van der Waals surface area contributed by atoms with E-state index in [0.717, 1.165) is 5.56 Å². The molecule has 1 aliphatic rings. The third-order valence-electron chi connectivity index (χ3n) is 2.39. The van der Waals surface area contributed by atoms with Crippen LogP contribution < -0.4 is 4.74 Å². The molecule has 0 atom stereocenters. The van der Waals surface area contributed by atoms with Crippen molar-refractivity contribution < 1.29 is 9.66 Å². The zero-order valence-corrected chi connectivity index (χ0v) is 8.56. The fourth-order valence-electron chi connectivity index (χ4n) is 1.61. The van der Waals surface area contributed by atoms with Gasteiger partial charge in [-0.1, -0.05) is 18.2 Å². The Morgan fingerprint density at radius 2 is 2.00 bits per heavy atom. The molecule has 0 radical (unpaired) electrons. The number of hydrogen-bond donors (Lipinski definition) is 0. The van der Waals surface area contributed by atoms with Crippen molar-refractivity contribution in [3.8, 4) is 5.75 Å². The summed E-state index contributed by atoms with van der Waals surface area (Å²) >= 11 is 0. The predicted molar refractivity (Wildman–Crippen MR) is 56.1 cm³/mol. The lowest BCUT2D eigenvalue weighted by Gasteiger charge is -2.28. The summed E-state index contributed by atoms with van der Waals surface area (Å²) < 4.78 is 5.58. The molecule has 4 heteroatoms. The number of para-hydroxylation sites is 1. The van der Waals surface area contributed by atoms with E-state index in [1.165, 1.54) is 0 Å². The fraction of sp³-hybridized carbons (Fsp3) is 0.273. The summed E-state index contributed by atoms with van der Waals surface area (Å²) in [6.07, 6.45) is 1.57. The Kier molecular flexibility index (Phi) is 2.00. The second-order valence-corrected chi connectivity index (χ2v) is 3.94. The highest BCUT2D eigenvalue weighted by molar-refractivity contribution is 5.62. The molecule has 0 aromatic heterocycles. The summed E-state index contributed by atoms with van der Waals surface area (Å²) in [4.78, 5) is 10.4. The maximum Gasteiger partial charge on any atom is 0.289 e. The third-order valence-corrected chi connectivity index (χ3v) is 2.39. The van der Waals surface area contributed by atoms with Crippen molar-refractivity contribution in [3.63, 3.8) is 0 Å². The van der Waals surface area contributed by atoms with Crippen LogP contribution in [0, 0.1) is 10.1 Å². The molecule has 0 amide bonds. The first-order chi connectivity index (χ1) is 7.00. The Morgan fingerprint density at radius 3 is 2.67 bits per heavy atom. The second-order valence-electron chi connectivity index (χ2n) is 3.94. The highest BCUT2D eigenvalue weighted by atomic mass is 16.6. The summed E-state index contributed by atoms with van der Waals surface area (Å²) in [5.74, 6) is 0.688. The van der Waals surface area contributed by atoms with Crippen LogP contribution in [0.15, 0.2) is 30.0 Å². The molecule has 1 heterocycles. The molecule has 1 aliphatic heterocycles. The Hall–Kier alpha value is -1.84. The smallest absolute Gasteiger partial charge is 0.289 e. The zero-order valence-electron chi connectivity index (χ0n) is 8.56. The minimum absolute atomic E-state index is 0.0844. The molecule has 78 valence electrons. The van der Waals surface area contributed by atoms with Crippen LogP contribution in [0.3, 0.4) is 0 Å². The van der Waals surface area contributed by atoms with Crippen LogP contribution in [0.5, 0.6) is 5.75 Å². The molecule has 0 spiro atoms. The van der Waals surface area contributed by atoms with Crippen molar-refractivity contribution in [2.45, 2.75) is 19.4 Å². The van der Waals surface area contributed by atoms with Crippen molar-refractivity contribution in [3.05, 3.63) is 45.6 Å². The lowest BCUT2D eigenvalue weighted by molar-refractivity contribution is -0.439. The summed E-state index contributed by atoms with van der Waals surface area (Å²) in [6.45, 7) is 3.38. The van der Waals surface area contributed by atoms with Gasteiger partial charge in [-0.05, 0) is 19.9 Å². The highest BCUT2D eigenvalue weighted by Gasteiger charge is 2.39. The maximum absolute atomic E-state index is 10.8. The van der Waals surface area contributed by atoms with Gasteiger partial charge in [0.05, 0.1) is 4.92 Å². The molecule has 0 aliphatic carbocycles. The molecule has 15 heavy (non-hydrogen) atoms. The van der Waals surface area contributed by atoms with Crippen molar-refractivity contribution in [1.29, 1.82) is 0 Å². The zero-order chi connectivity index (χ0) is 11.1. The van der Waals surface area contributed by atoms with Gasteiger partial charge >= 0.3 is 0 Å². The molecule has 0 fully saturated rings. The molecule has 0 saturated carbocycles. The van der Waals surface area contributed by atoms with E-state index in [9.17, 15) is 10.1 Å². The van der Waals surface area contributed by atoms with Gasteiger partial charge < -0.3 is 4.74 Å². The number of benzene rings is 1. The molecule has 2 rings (SSSR count). The van der Waals surface area contributed by atoms with Crippen molar-refractivity contribution >= 4 is 6.08 Å². The SMILES string of the molecule is CC1(C)Oc2ccccc2C=C1[N+](=O)[O-]. The minimum atomic E-state index is -0.877. The van der Waals surface area contributed by atoms with Crippen LogP contribution >= 0.6 is 0 Å². The fourth-order valence-corrected chi connectivity index (χ4v) is 1.61. The van der Waals surface area contributed by atoms with E-state index in [1.807, 2.05) is 18.2 Å². The van der Waals surface area contributed by atoms with Crippen LogP contribution in [0.2, 0.25) is 0 Å². The highest BCUT2D eigenvalue weighted by Crippen LogP contribution is 2.35. The van der Waals surface area contributed by atoms with Gasteiger partial charge in [0.15, 0.2) is 5.60 Å². The third kappa shape index (κ3) is 1.58. The van der Waals surface area contributed by atoms with E-state index < -0.39 is 10.5 Å². The standard InChI is InChI=1S/C11H11NO3/c1-11(2)10(12(13)14)7-8-5-3-4-6-9(8)15-11/h3-7H,1-2H3. The first kappa shape index (κ1) is 9.71. The summed E-state index contributed by atoms with van der Waals surface area (Å²) in [5.41, 5.74) is -0.0394. The van der Waals surface area contributed by atoms with Gasteiger partial charge in [0.1, 0.15) is 5.75 Å². The second kappa shape index (κ2) is 3.08. The maximum atomic E-state index is 10.8. The summed E-state index contributed by atoms with van der Waals surface area (Å²) in [6, 6.07) is 7.28. The summed E-state index contributed by atoms with van der Waals surface area (Å²) in [5, 5.41) is 10.8.